The second kappa shape index (κ2) is 18.4. The van der Waals surface area contributed by atoms with E-state index in [0.717, 1.165) is 34.5 Å². The molecular formula is C14H29AlO2. The number of carbonyl (C=O) groups excluding carboxylic acids is 1. The summed E-state index contributed by atoms with van der Waals surface area (Å²) >= 11 is 0.818. The van der Waals surface area contributed by atoms with Crippen molar-refractivity contribution in [2.45, 2.75) is 82.7 Å². The summed E-state index contributed by atoms with van der Waals surface area (Å²) in [6.07, 6.45) is 8.75. The summed E-state index contributed by atoms with van der Waals surface area (Å²) < 4.78 is 0. The molecule has 0 aromatic heterocycles. The van der Waals surface area contributed by atoms with Crippen molar-refractivity contribution in [2.75, 3.05) is 0 Å². The Morgan fingerprint density at radius 2 is 1.35 bits per heavy atom. The maximum absolute atomic E-state index is 9.76. The summed E-state index contributed by atoms with van der Waals surface area (Å²) in [5, 5.41) is 12.8. The molecule has 100 valence electrons. The standard InChI is InChI=1S/C6H12O2.2C4H9.Al/c1-2-3-4-5-6(7)8;2*1-3-4-2;/h2-5H2,1H3,(H,7,8);2*1,3-4H2,2H3;/q;;;+1/p-1. The van der Waals surface area contributed by atoms with Crippen molar-refractivity contribution < 1.29 is 9.90 Å². The minimum absolute atomic E-state index is 0.216. The average Bonchev–Trinajstić information content (AvgIpc) is 2.30. The predicted molar refractivity (Wildman–Crippen MR) is 74.3 cm³/mol. The first-order chi connectivity index (χ1) is 8.18. The number of unbranched alkanes of at least 4 members (excludes halogenated alkanes) is 4. The van der Waals surface area contributed by atoms with Gasteiger partial charge in [0.2, 0.25) is 0 Å². The Hall–Kier alpha value is 0.00247. The van der Waals surface area contributed by atoms with Gasteiger partial charge in [0.25, 0.3) is 0 Å². The van der Waals surface area contributed by atoms with E-state index < -0.39 is 5.97 Å². The summed E-state index contributed by atoms with van der Waals surface area (Å²) in [6.45, 7) is 6.59. The summed E-state index contributed by atoms with van der Waals surface area (Å²) in [6, 6.07) is 0. The van der Waals surface area contributed by atoms with E-state index in [-0.39, 0.29) is 6.42 Å². The predicted octanol–water partition coefficient (Wildman–Crippen LogP) is 3.44. The van der Waals surface area contributed by atoms with Gasteiger partial charge < -0.3 is 9.90 Å². The monoisotopic (exact) mass is 256 g/mol. The molecule has 0 bridgehead atoms. The van der Waals surface area contributed by atoms with Crippen LogP contribution >= 0.6 is 0 Å². The van der Waals surface area contributed by atoms with Crippen LogP contribution in [0.4, 0.5) is 0 Å². The van der Waals surface area contributed by atoms with Crippen molar-refractivity contribution in [1.29, 1.82) is 0 Å². The number of carboxylic acid groups (broad SMARTS) is 1. The van der Waals surface area contributed by atoms with E-state index in [9.17, 15) is 9.90 Å². The van der Waals surface area contributed by atoms with Crippen LogP contribution in [-0.2, 0) is 4.79 Å². The van der Waals surface area contributed by atoms with Gasteiger partial charge in [0.1, 0.15) is 0 Å². The molecule has 0 spiro atoms. The first-order valence-electron chi connectivity index (χ1n) is 7.20. The molecule has 0 aliphatic rings. The van der Waals surface area contributed by atoms with Gasteiger partial charge in [-0.15, -0.1) is 0 Å². The quantitative estimate of drug-likeness (QED) is 0.443. The fraction of sp³-hybridized carbons (Fsp3) is 0.929. The summed E-state index contributed by atoms with van der Waals surface area (Å²) in [5.41, 5.74) is 0. The summed E-state index contributed by atoms with van der Waals surface area (Å²) in [4.78, 5) is 9.76. The fourth-order valence-electron chi connectivity index (χ4n) is 1.36. The number of hydrogen-bond acceptors (Lipinski definition) is 2. The molecule has 0 aromatic carbocycles. The molecule has 0 radical (unpaired) electrons. The molecule has 0 amide bonds. The molecular weight excluding hydrogens is 227 g/mol. The van der Waals surface area contributed by atoms with Crippen molar-refractivity contribution >= 4 is 21.2 Å². The molecule has 0 saturated heterocycles. The second-order valence-electron chi connectivity index (χ2n) is 4.40. The van der Waals surface area contributed by atoms with Crippen molar-refractivity contribution in [3.8, 4) is 0 Å². The average molecular weight is 256 g/mol. The van der Waals surface area contributed by atoms with Gasteiger partial charge in [-0.05, 0) is 12.8 Å². The van der Waals surface area contributed by atoms with Gasteiger partial charge in [-0.25, -0.2) is 0 Å². The first-order valence-corrected chi connectivity index (χ1v) is 8.83. The molecule has 0 atom stereocenters. The number of aliphatic carboxylic acids is 1. The molecule has 0 aliphatic heterocycles. The first kappa shape index (κ1) is 19.3. The Labute approximate surface area is 114 Å². The minimum atomic E-state index is -0.932. The van der Waals surface area contributed by atoms with Gasteiger partial charge in [0.05, 0.1) is 0 Å². The third kappa shape index (κ3) is 25.9. The van der Waals surface area contributed by atoms with Gasteiger partial charge in [-0.1, -0.05) is 19.8 Å². The van der Waals surface area contributed by atoms with E-state index in [1.807, 2.05) is 6.92 Å². The molecule has 0 saturated carbocycles. The Balaban J connectivity index is 0. The van der Waals surface area contributed by atoms with Crippen LogP contribution in [-0.4, -0.2) is 21.2 Å². The molecule has 0 N–H and O–H groups in total. The van der Waals surface area contributed by atoms with Crippen LogP contribution in [0.3, 0.4) is 0 Å². The van der Waals surface area contributed by atoms with Crippen molar-refractivity contribution in [3.05, 3.63) is 0 Å². The SMILES string of the molecule is CCCCCC(=O)[O-].CCC[CH2][Al+][CH2]CCC. The van der Waals surface area contributed by atoms with E-state index in [4.69, 9.17) is 0 Å². The van der Waals surface area contributed by atoms with Crippen LogP contribution in [0, 0.1) is 0 Å². The van der Waals surface area contributed by atoms with Gasteiger partial charge in [0.15, 0.2) is 0 Å². The van der Waals surface area contributed by atoms with Crippen LogP contribution in [0.5, 0.6) is 0 Å². The van der Waals surface area contributed by atoms with E-state index in [0.29, 0.717) is 0 Å². The van der Waals surface area contributed by atoms with Gasteiger partial charge in [-0.3, -0.25) is 0 Å². The molecule has 0 aliphatic carbocycles. The Kier molecular flexibility index (Phi) is 20.9. The van der Waals surface area contributed by atoms with E-state index in [1.165, 1.54) is 36.2 Å². The van der Waals surface area contributed by atoms with Gasteiger partial charge >= 0.3 is 65.3 Å². The third-order valence-corrected chi connectivity index (χ3v) is 4.14. The van der Waals surface area contributed by atoms with Crippen molar-refractivity contribution in [1.82, 2.24) is 0 Å². The Bertz CT molecular complexity index is 143. The number of carboxylic acids is 1. The zero-order chi connectivity index (χ0) is 13.4. The van der Waals surface area contributed by atoms with Crippen LogP contribution in [0.1, 0.15) is 72.1 Å². The number of rotatable bonds is 10. The number of carbonyl (C=O) groups is 1. The normalized spacial score (nSPS) is 9.12. The van der Waals surface area contributed by atoms with Crippen LogP contribution in [0.2, 0.25) is 10.6 Å². The van der Waals surface area contributed by atoms with Crippen LogP contribution in [0.25, 0.3) is 0 Å². The zero-order valence-electron chi connectivity index (χ0n) is 12.0. The Morgan fingerprint density at radius 1 is 0.882 bits per heavy atom. The molecule has 0 unspecified atom stereocenters. The molecule has 0 fully saturated rings. The van der Waals surface area contributed by atoms with Crippen LogP contribution < -0.4 is 5.11 Å². The zero-order valence-corrected chi connectivity index (χ0v) is 13.1. The summed E-state index contributed by atoms with van der Waals surface area (Å²) in [7, 11) is 0. The van der Waals surface area contributed by atoms with Crippen molar-refractivity contribution in [3.63, 3.8) is 0 Å². The maximum atomic E-state index is 9.76. The van der Waals surface area contributed by atoms with Gasteiger partial charge in [0, 0.05) is 5.97 Å². The topological polar surface area (TPSA) is 40.1 Å². The van der Waals surface area contributed by atoms with Crippen LogP contribution in [0.15, 0.2) is 0 Å². The molecule has 3 heteroatoms. The second-order valence-corrected chi connectivity index (χ2v) is 6.13. The number of hydrogen-bond donors (Lipinski definition) is 0. The van der Waals surface area contributed by atoms with E-state index in [2.05, 4.69) is 13.8 Å². The summed E-state index contributed by atoms with van der Waals surface area (Å²) in [5.74, 6) is -0.932. The molecule has 0 rings (SSSR count). The molecule has 0 aromatic rings. The molecule has 0 heterocycles. The van der Waals surface area contributed by atoms with E-state index in [1.54, 1.807) is 0 Å². The Morgan fingerprint density at radius 3 is 1.71 bits per heavy atom. The van der Waals surface area contributed by atoms with Crippen molar-refractivity contribution in [2.24, 2.45) is 0 Å². The molecule has 17 heavy (non-hydrogen) atoms. The molecule has 2 nitrogen and oxygen atoms in total. The van der Waals surface area contributed by atoms with E-state index >= 15 is 0 Å². The van der Waals surface area contributed by atoms with Gasteiger partial charge in [-0.2, -0.15) is 0 Å². The third-order valence-electron chi connectivity index (χ3n) is 2.51. The fourth-order valence-corrected chi connectivity index (χ4v) is 3.04.